The molecule has 0 saturated carbocycles. The Morgan fingerprint density at radius 3 is 2.44 bits per heavy atom. The first-order valence-electron chi connectivity index (χ1n) is 5.23. The SMILES string of the molecule is COc1ccc(-c2ccc(O)cn2)c(OC)c1Br. The number of halogens is 1. The Kier molecular flexibility index (Phi) is 3.72. The van der Waals surface area contributed by atoms with Gasteiger partial charge in [-0.2, -0.15) is 0 Å². The van der Waals surface area contributed by atoms with Gasteiger partial charge in [0.1, 0.15) is 21.7 Å². The quantitative estimate of drug-likeness (QED) is 0.945. The molecule has 0 unspecified atom stereocenters. The van der Waals surface area contributed by atoms with E-state index in [2.05, 4.69) is 20.9 Å². The Balaban J connectivity index is 2.57. The zero-order chi connectivity index (χ0) is 13.1. The maximum Gasteiger partial charge on any atom is 0.146 e. The number of aromatic nitrogens is 1. The fourth-order valence-electron chi connectivity index (χ4n) is 1.64. The van der Waals surface area contributed by atoms with Crippen molar-refractivity contribution in [2.45, 2.75) is 0 Å². The molecular weight excluding hydrogens is 298 g/mol. The first-order chi connectivity index (χ1) is 8.67. The van der Waals surface area contributed by atoms with Crippen LogP contribution in [0.25, 0.3) is 11.3 Å². The molecule has 0 amide bonds. The number of aromatic hydroxyl groups is 1. The number of nitrogens with zero attached hydrogens (tertiary/aromatic N) is 1. The van der Waals surface area contributed by atoms with E-state index in [1.807, 2.05) is 12.1 Å². The summed E-state index contributed by atoms with van der Waals surface area (Å²) in [6.07, 6.45) is 1.40. The van der Waals surface area contributed by atoms with Crippen molar-refractivity contribution in [3.05, 3.63) is 34.9 Å². The van der Waals surface area contributed by atoms with Gasteiger partial charge in [0.25, 0.3) is 0 Å². The highest BCUT2D eigenvalue weighted by Crippen LogP contribution is 2.41. The maximum absolute atomic E-state index is 9.24. The molecule has 1 aromatic heterocycles. The topological polar surface area (TPSA) is 51.6 Å². The van der Waals surface area contributed by atoms with E-state index in [9.17, 15) is 5.11 Å². The lowest BCUT2D eigenvalue weighted by molar-refractivity contribution is 0.390. The lowest BCUT2D eigenvalue weighted by atomic mass is 10.1. The number of methoxy groups -OCH3 is 2. The standard InChI is InChI=1S/C13H12BrNO3/c1-17-11-6-4-9(13(18-2)12(11)14)10-5-3-8(16)7-15-10/h3-7,16H,1-2H3. The van der Waals surface area contributed by atoms with Crippen LogP contribution in [0.1, 0.15) is 0 Å². The van der Waals surface area contributed by atoms with Gasteiger partial charge in [0.2, 0.25) is 0 Å². The van der Waals surface area contributed by atoms with E-state index >= 15 is 0 Å². The average molecular weight is 310 g/mol. The third-order valence-corrected chi connectivity index (χ3v) is 3.26. The van der Waals surface area contributed by atoms with Crippen LogP contribution in [-0.4, -0.2) is 24.3 Å². The van der Waals surface area contributed by atoms with Crippen LogP contribution < -0.4 is 9.47 Å². The van der Waals surface area contributed by atoms with Gasteiger partial charge in [0.05, 0.1) is 26.1 Å². The molecule has 0 aliphatic carbocycles. The van der Waals surface area contributed by atoms with Crippen molar-refractivity contribution in [1.29, 1.82) is 0 Å². The van der Waals surface area contributed by atoms with Crippen molar-refractivity contribution < 1.29 is 14.6 Å². The van der Waals surface area contributed by atoms with Crippen molar-refractivity contribution in [2.75, 3.05) is 14.2 Å². The molecule has 2 rings (SSSR count). The molecule has 0 aliphatic heterocycles. The summed E-state index contributed by atoms with van der Waals surface area (Å²) in [4.78, 5) is 4.16. The van der Waals surface area contributed by atoms with Gasteiger partial charge in [-0.3, -0.25) is 4.98 Å². The fourth-order valence-corrected chi connectivity index (χ4v) is 2.31. The highest BCUT2D eigenvalue weighted by Gasteiger charge is 2.14. The number of ether oxygens (including phenoxy) is 2. The van der Waals surface area contributed by atoms with E-state index in [-0.39, 0.29) is 5.75 Å². The lowest BCUT2D eigenvalue weighted by Gasteiger charge is -2.12. The number of hydrogen-bond donors (Lipinski definition) is 1. The molecule has 0 radical (unpaired) electrons. The van der Waals surface area contributed by atoms with Crippen LogP contribution in [-0.2, 0) is 0 Å². The largest absolute Gasteiger partial charge is 0.506 e. The first kappa shape index (κ1) is 12.7. The van der Waals surface area contributed by atoms with Crippen LogP contribution in [0, 0.1) is 0 Å². The van der Waals surface area contributed by atoms with E-state index in [0.717, 1.165) is 10.0 Å². The molecule has 1 heterocycles. The van der Waals surface area contributed by atoms with Crippen molar-refractivity contribution in [3.63, 3.8) is 0 Å². The van der Waals surface area contributed by atoms with Crippen LogP contribution in [0.2, 0.25) is 0 Å². The summed E-state index contributed by atoms with van der Waals surface area (Å²) in [7, 11) is 3.18. The molecular formula is C13H12BrNO3. The molecule has 2 aromatic rings. The van der Waals surface area contributed by atoms with Gasteiger partial charge in [-0.25, -0.2) is 0 Å². The predicted molar refractivity (Wildman–Crippen MR) is 72.1 cm³/mol. The highest BCUT2D eigenvalue weighted by molar-refractivity contribution is 9.10. The second-order valence-electron chi connectivity index (χ2n) is 3.56. The van der Waals surface area contributed by atoms with E-state index in [1.54, 1.807) is 26.4 Å². The zero-order valence-electron chi connectivity index (χ0n) is 9.98. The highest BCUT2D eigenvalue weighted by atomic mass is 79.9. The normalized spacial score (nSPS) is 10.2. The third-order valence-electron chi connectivity index (χ3n) is 2.51. The molecule has 5 heteroatoms. The van der Waals surface area contributed by atoms with Gasteiger partial charge in [-0.05, 0) is 40.2 Å². The first-order valence-corrected chi connectivity index (χ1v) is 6.02. The molecule has 1 aromatic carbocycles. The molecule has 0 bridgehead atoms. The molecule has 0 spiro atoms. The van der Waals surface area contributed by atoms with Gasteiger partial charge in [-0.15, -0.1) is 0 Å². The zero-order valence-corrected chi connectivity index (χ0v) is 11.6. The van der Waals surface area contributed by atoms with Gasteiger partial charge in [0.15, 0.2) is 0 Å². The number of rotatable bonds is 3. The Bertz CT molecular complexity index is 555. The number of pyridine rings is 1. The number of hydrogen-bond acceptors (Lipinski definition) is 4. The fraction of sp³-hybridized carbons (Fsp3) is 0.154. The molecule has 0 fully saturated rings. The number of benzene rings is 1. The average Bonchev–Trinajstić information content (AvgIpc) is 2.39. The lowest BCUT2D eigenvalue weighted by Crippen LogP contribution is -1.94. The van der Waals surface area contributed by atoms with Crippen LogP contribution in [0.4, 0.5) is 0 Å². The molecule has 1 N–H and O–H groups in total. The summed E-state index contributed by atoms with van der Waals surface area (Å²) < 4.78 is 11.3. The van der Waals surface area contributed by atoms with Crippen molar-refractivity contribution in [1.82, 2.24) is 4.98 Å². The summed E-state index contributed by atoms with van der Waals surface area (Å²) in [6.45, 7) is 0. The van der Waals surface area contributed by atoms with Gasteiger partial charge < -0.3 is 14.6 Å². The van der Waals surface area contributed by atoms with Gasteiger partial charge in [0, 0.05) is 5.56 Å². The predicted octanol–water partition coefficient (Wildman–Crippen LogP) is 3.23. The second kappa shape index (κ2) is 5.27. The van der Waals surface area contributed by atoms with Crippen LogP contribution in [0.15, 0.2) is 34.9 Å². The van der Waals surface area contributed by atoms with E-state index in [0.29, 0.717) is 17.2 Å². The summed E-state index contributed by atoms with van der Waals surface area (Å²) in [6, 6.07) is 7.00. The minimum atomic E-state index is 0.130. The molecule has 18 heavy (non-hydrogen) atoms. The van der Waals surface area contributed by atoms with Gasteiger partial charge in [-0.1, -0.05) is 0 Å². The molecule has 4 nitrogen and oxygen atoms in total. The Labute approximate surface area is 113 Å². The van der Waals surface area contributed by atoms with E-state index in [1.165, 1.54) is 6.20 Å². The molecule has 0 aliphatic rings. The van der Waals surface area contributed by atoms with Crippen molar-refractivity contribution in [2.24, 2.45) is 0 Å². The Morgan fingerprint density at radius 1 is 1.11 bits per heavy atom. The minimum absolute atomic E-state index is 0.130. The monoisotopic (exact) mass is 309 g/mol. The smallest absolute Gasteiger partial charge is 0.146 e. The second-order valence-corrected chi connectivity index (χ2v) is 4.36. The summed E-state index contributed by atoms with van der Waals surface area (Å²) >= 11 is 3.44. The van der Waals surface area contributed by atoms with E-state index in [4.69, 9.17) is 9.47 Å². The summed E-state index contributed by atoms with van der Waals surface area (Å²) in [5.41, 5.74) is 1.54. The Morgan fingerprint density at radius 2 is 1.89 bits per heavy atom. The van der Waals surface area contributed by atoms with Crippen molar-refractivity contribution >= 4 is 15.9 Å². The summed E-state index contributed by atoms with van der Waals surface area (Å²) in [5.74, 6) is 1.47. The Hall–Kier alpha value is -1.75. The molecule has 94 valence electrons. The maximum atomic E-state index is 9.24. The van der Waals surface area contributed by atoms with Crippen LogP contribution in [0.5, 0.6) is 17.2 Å². The van der Waals surface area contributed by atoms with Crippen molar-refractivity contribution in [3.8, 4) is 28.5 Å². The van der Waals surface area contributed by atoms with Crippen LogP contribution >= 0.6 is 15.9 Å². The van der Waals surface area contributed by atoms with Gasteiger partial charge >= 0.3 is 0 Å². The minimum Gasteiger partial charge on any atom is -0.506 e. The van der Waals surface area contributed by atoms with E-state index < -0.39 is 0 Å². The van der Waals surface area contributed by atoms with Crippen LogP contribution in [0.3, 0.4) is 0 Å². The third kappa shape index (κ3) is 2.26. The summed E-state index contributed by atoms with van der Waals surface area (Å²) in [5, 5.41) is 9.24. The molecule has 0 saturated heterocycles. The molecule has 0 atom stereocenters.